The standard InChI is InChI=1S/C13H20F2N2O3/c14-11(15)10-2-1-7-17(10)13(20)16-9-5-3-8(4-6-9)12(18)19/h8-11H,1-7H2,(H,16,20)(H,18,19)/t8?,9?,10-/m1/s1. The quantitative estimate of drug-likeness (QED) is 0.836. The molecule has 0 unspecified atom stereocenters. The van der Waals surface area contributed by atoms with Crippen LogP contribution in [0.15, 0.2) is 0 Å². The molecule has 1 atom stereocenters. The summed E-state index contributed by atoms with van der Waals surface area (Å²) in [7, 11) is 0. The molecule has 20 heavy (non-hydrogen) atoms. The summed E-state index contributed by atoms with van der Waals surface area (Å²) >= 11 is 0. The van der Waals surface area contributed by atoms with E-state index < -0.39 is 24.5 Å². The molecule has 1 saturated heterocycles. The monoisotopic (exact) mass is 290 g/mol. The predicted molar refractivity (Wildman–Crippen MR) is 67.6 cm³/mol. The minimum absolute atomic E-state index is 0.1000. The summed E-state index contributed by atoms with van der Waals surface area (Å²) in [5.41, 5.74) is 0. The van der Waals surface area contributed by atoms with Crippen molar-refractivity contribution in [3.63, 3.8) is 0 Å². The van der Waals surface area contributed by atoms with Crippen molar-refractivity contribution >= 4 is 12.0 Å². The van der Waals surface area contributed by atoms with E-state index in [1.165, 1.54) is 4.90 Å². The number of halogens is 2. The predicted octanol–water partition coefficient (Wildman–Crippen LogP) is 2.07. The molecule has 1 aliphatic carbocycles. The van der Waals surface area contributed by atoms with Crippen LogP contribution in [0, 0.1) is 5.92 Å². The van der Waals surface area contributed by atoms with E-state index >= 15 is 0 Å². The Bertz CT molecular complexity index is 371. The van der Waals surface area contributed by atoms with Crippen molar-refractivity contribution in [2.24, 2.45) is 5.92 Å². The van der Waals surface area contributed by atoms with Crippen molar-refractivity contribution in [2.75, 3.05) is 6.54 Å². The number of rotatable bonds is 3. The number of nitrogens with zero attached hydrogens (tertiary/aromatic N) is 1. The number of hydrogen-bond donors (Lipinski definition) is 2. The molecule has 2 aliphatic rings. The van der Waals surface area contributed by atoms with E-state index in [1.807, 2.05) is 0 Å². The zero-order valence-electron chi connectivity index (χ0n) is 11.2. The molecular weight excluding hydrogens is 270 g/mol. The average molecular weight is 290 g/mol. The molecule has 0 radical (unpaired) electrons. The number of carbonyl (C=O) groups excluding carboxylic acids is 1. The third-order valence-electron chi connectivity index (χ3n) is 4.25. The molecule has 1 heterocycles. The molecule has 0 aromatic carbocycles. The van der Waals surface area contributed by atoms with Crippen molar-refractivity contribution in [3.8, 4) is 0 Å². The van der Waals surface area contributed by atoms with Gasteiger partial charge in [0.05, 0.1) is 12.0 Å². The summed E-state index contributed by atoms with van der Waals surface area (Å²) in [5, 5.41) is 11.7. The Morgan fingerprint density at radius 3 is 2.35 bits per heavy atom. The Morgan fingerprint density at radius 1 is 1.15 bits per heavy atom. The van der Waals surface area contributed by atoms with Crippen molar-refractivity contribution in [1.82, 2.24) is 10.2 Å². The van der Waals surface area contributed by atoms with Gasteiger partial charge in [-0.2, -0.15) is 0 Å². The van der Waals surface area contributed by atoms with Crippen LogP contribution < -0.4 is 5.32 Å². The van der Waals surface area contributed by atoms with E-state index in [9.17, 15) is 18.4 Å². The second-order valence-electron chi connectivity index (χ2n) is 5.57. The maximum absolute atomic E-state index is 12.8. The molecular formula is C13H20F2N2O3. The third-order valence-corrected chi connectivity index (χ3v) is 4.25. The number of hydrogen-bond acceptors (Lipinski definition) is 2. The zero-order valence-corrected chi connectivity index (χ0v) is 11.2. The van der Waals surface area contributed by atoms with E-state index in [2.05, 4.69) is 5.32 Å². The molecule has 2 amide bonds. The van der Waals surface area contributed by atoms with Crippen molar-refractivity contribution in [1.29, 1.82) is 0 Å². The molecule has 0 aromatic heterocycles. The van der Waals surface area contributed by atoms with E-state index in [1.54, 1.807) is 0 Å². The van der Waals surface area contributed by atoms with Gasteiger partial charge in [-0.05, 0) is 38.5 Å². The Labute approximate surface area is 116 Å². The van der Waals surface area contributed by atoms with Crippen LogP contribution >= 0.6 is 0 Å². The van der Waals surface area contributed by atoms with Gasteiger partial charge in [0, 0.05) is 12.6 Å². The number of nitrogens with one attached hydrogen (secondary N) is 1. The van der Waals surface area contributed by atoms with Gasteiger partial charge in [0.15, 0.2) is 0 Å². The lowest BCUT2D eigenvalue weighted by molar-refractivity contribution is -0.142. The molecule has 2 rings (SSSR count). The summed E-state index contributed by atoms with van der Waals surface area (Å²) in [4.78, 5) is 24.1. The van der Waals surface area contributed by atoms with Gasteiger partial charge in [-0.3, -0.25) is 4.79 Å². The lowest BCUT2D eigenvalue weighted by Crippen LogP contribution is -2.49. The molecule has 7 heteroatoms. The van der Waals surface area contributed by atoms with Gasteiger partial charge in [-0.15, -0.1) is 0 Å². The summed E-state index contributed by atoms with van der Waals surface area (Å²) < 4.78 is 25.6. The number of amides is 2. The third kappa shape index (κ3) is 3.37. The van der Waals surface area contributed by atoms with E-state index in [0.29, 0.717) is 45.1 Å². The Morgan fingerprint density at radius 2 is 1.80 bits per heavy atom. The van der Waals surface area contributed by atoms with Crippen LogP contribution in [0.3, 0.4) is 0 Å². The van der Waals surface area contributed by atoms with Gasteiger partial charge < -0.3 is 15.3 Å². The number of likely N-dealkylation sites (tertiary alicyclic amines) is 1. The number of aliphatic carboxylic acids is 1. The van der Waals surface area contributed by atoms with Crippen LogP contribution in [0.25, 0.3) is 0 Å². The highest BCUT2D eigenvalue weighted by Crippen LogP contribution is 2.26. The fourth-order valence-electron chi connectivity index (χ4n) is 3.05. The first kappa shape index (κ1) is 15.0. The lowest BCUT2D eigenvalue weighted by Gasteiger charge is -2.30. The molecule has 0 spiro atoms. The highest BCUT2D eigenvalue weighted by molar-refractivity contribution is 5.75. The fourth-order valence-corrected chi connectivity index (χ4v) is 3.05. The van der Waals surface area contributed by atoms with Crippen molar-refractivity contribution in [3.05, 3.63) is 0 Å². The molecule has 1 saturated carbocycles. The molecule has 1 aliphatic heterocycles. The molecule has 2 fully saturated rings. The first-order valence-corrected chi connectivity index (χ1v) is 7.07. The highest BCUT2D eigenvalue weighted by atomic mass is 19.3. The van der Waals surface area contributed by atoms with E-state index in [4.69, 9.17) is 5.11 Å². The maximum Gasteiger partial charge on any atom is 0.318 e. The van der Waals surface area contributed by atoms with Crippen LogP contribution in [0.1, 0.15) is 38.5 Å². The van der Waals surface area contributed by atoms with Gasteiger partial charge in [0.25, 0.3) is 6.43 Å². The fraction of sp³-hybridized carbons (Fsp3) is 0.846. The molecule has 0 aromatic rings. The smallest absolute Gasteiger partial charge is 0.318 e. The Hall–Kier alpha value is -1.40. The van der Waals surface area contributed by atoms with E-state index in [-0.39, 0.29) is 12.0 Å². The number of urea groups is 1. The van der Waals surface area contributed by atoms with Crippen LogP contribution in [-0.2, 0) is 4.79 Å². The van der Waals surface area contributed by atoms with E-state index in [0.717, 1.165) is 0 Å². The van der Waals surface area contributed by atoms with Crippen LogP contribution in [0.5, 0.6) is 0 Å². The van der Waals surface area contributed by atoms with Crippen LogP contribution in [0.2, 0.25) is 0 Å². The van der Waals surface area contributed by atoms with Crippen LogP contribution in [0.4, 0.5) is 13.6 Å². The average Bonchev–Trinajstić information content (AvgIpc) is 2.88. The van der Waals surface area contributed by atoms with Crippen LogP contribution in [-0.4, -0.2) is 47.1 Å². The minimum Gasteiger partial charge on any atom is -0.481 e. The number of carboxylic acid groups (broad SMARTS) is 1. The number of carboxylic acids is 1. The van der Waals surface area contributed by atoms with Gasteiger partial charge >= 0.3 is 12.0 Å². The van der Waals surface area contributed by atoms with Gasteiger partial charge in [-0.1, -0.05) is 0 Å². The molecule has 5 nitrogen and oxygen atoms in total. The summed E-state index contributed by atoms with van der Waals surface area (Å²) in [6, 6.07) is -1.52. The van der Waals surface area contributed by atoms with Crippen molar-refractivity contribution in [2.45, 2.75) is 57.0 Å². The molecule has 2 N–H and O–H groups in total. The topological polar surface area (TPSA) is 69.6 Å². The maximum atomic E-state index is 12.8. The number of carbonyl (C=O) groups is 2. The second kappa shape index (κ2) is 6.37. The van der Waals surface area contributed by atoms with Gasteiger partial charge in [-0.25, -0.2) is 13.6 Å². The van der Waals surface area contributed by atoms with Crippen molar-refractivity contribution < 1.29 is 23.5 Å². The zero-order chi connectivity index (χ0) is 14.7. The first-order valence-electron chi connectivity index (χ1n) is 7.07. The molecule has 0 bridgehead atoms. The Balaban J connectivity index is 1.82. The normalized spacial score (nSPS) is 30.6. The summed E-state index contributed by atoms with van der Waals surface area (Å²) in [6.07, 6.45) is 0.680. The SMILES string of the molecule is O=C(O)C1CCC(NC(=O)N2CCC[C@@H]2C(F)F)CC1. The largest absolute Gasteiger partial charge is 0.481 e. The highest BCUT2D eigenvalue weighted by Gasteiger charge is 2.36. The lowest BCUT2D eigenvalue weighted by atomic mass is 9.86. The van der Waals surface area contributed by atoms with Gasteiger partial charge in [0.1, 0.15) is 0 Å². The Kier molecular flexibility index (Phi) is 4.77. The first-order chi connectivity index (χ1) is 9.49. The summed E-state index contributed by atoms with van der Waals surface area (Å²) in [5.74, 6) is -1.14. The summed E-state index contributed by atoms with van der Waals surface area (Å²) in [6.45, 7) is 0.366. The second-order valence-corrected chi connectivity index (χ2v) is 5.57. The minimum atomic E-state index is -2.51. The number of alkyl halides is 2. The van der Waals surface area contributed by atoms with Gasteiger partial charge in [0.2, 0.25) is 0 Å². The molecule has 114 valence electrons.